The van der Waals surface area contributed by atoms with Crippen LogP contribution in [0.2, 0.25) is 5.02 Å². The number of halogens is 1. The summed E-state index contributed by atoms with van der Waals surface area (Å²) in [7, 11) is 1.56. The predicted octanol–water partition coefficient (Wildman–Crippen LogP) is 2.42. The largest absolute Gasteiger partial charge is 0.481 e. The molecule has 0 unspecified atom stereocenters. The lowest BCUT2D eigenvalue weighted by atomic mass is 9.83. The summed E-state index contributed by atoms with van der Waals surface area (Å²) in [6.07, 6.45) is 5.02. The van der Waals surface area contributed by atoms with Crippen molar-refractivity contribution in [1.29, 1.82) is 0 Å². The Hall–Kier alpha value is -2.65. The highest BCUT2D eigenvalue weighted by molar-refractivity contribution is 6.33. The molecule has 9 nitrogen and oxygen atoms in total. The molecule has 2 aromatic heterocycles. The van der Waals surface area contributed by atoms with Gasteiger partial charge < -0.3 is 24.3 Å². The Morgan fingerprint density at radius 2 is 1.97 bits per heavy atom. The molecule has 0 spiro atoms. The molecule has 1 N–H and O–H groups in total. The van der Waals surface area contributed by atoms with Crippen molar-refractivity contribution < 1.29 is 23.7 Å². The summed E-state index contributed by atoms with van der Waals surface area (Å²) in [4.78, 5) is 23.1. The van der Waals surface area contributed by atoms with Crippen LogP contribution in [-0.2, 0) is 16.1 Å². The van der Waals surface area contributed by atoms with E-state index in [2.05, 4.69) is 20.3 Å². The van der Waals surface area contributed by atoms with Crippen LogP contribution in [0.4, 0.5) is 0 Å². The minimum atomic E-state index is -0.0516. The highest BCUT2D eigenvalue weighted by Gasteiger charge is 2.30. The second-order valence-electron chi connectivity index (χ2n) is 6.92. The van der Waals surface area contributed by atoms with Crippen molar-refractivity contribution in [2.75, 3.05) is 26.9 Å². The van der Waals surface area contributed by atoms with Crippen molar-refractivity contribution in [1.82, 2.24) is 20.3 Å². The number of methoxy groups -OCH3 is 1. The van der Waals surface area contributed by atoms with E-state index in [1.807, 2.05) is 6.07 Å². The number of pyridine rings is 1. The number of nitrogens with one attached hydrogen (secondary N) is 1. The van der Waals surface area contributed by atoms with Crippen LogP contribution < -0.4 is 19.5 Å². The van der Waals surface area contributed by atoms with Crippen molar-refractivity contribution in [3.8, 4) is 17.6 Å². The van der Waals surface area contributed by atoms with Crippen LogP contribution in [0.25, 0.3) is 0 Å². The monoisotopic (exact) mass is 436 g/mol. The van der Waals surface area contributed by atoms with Crippen LogP contribution in [0, 0.1) is 5.92 Å². The van der Waals surface area contributed by atoms with Crippen molar-refractivity contribution in [3.05, 3.63) is 35.2 Å². The zero-order valence-corrected chi connectivity index (χ0v) is 17.7. The molecule has 30 heavy (non-hydrogen) atoms. The predicted molar refractivity (Wildman–Crippen MR) is 109 cm³/mol. The Kier molecular flexibility index (Phi) is 8.04. The number of hydrogen-bond acceptors (Lipinski definition) is 8. The van der Waals surface area contributed by atoms with Gasteiger partial charge in [-0.05, 0) is 24.8 Å². The summed E-state index contributed by atoms with van der Waals surface area (Å²) in [5, 5.41) is 2.94. The Morgan fingerprint density at radius 1 is 1.20 bits per heavy atom. The van der Waals surface area contributed by atoms with E-state index >= 15 is 0 Å². The molecule has 2 heterocycles. The van der Waals surface area contributed by atoms with Gasteiger partial charge in [0, 0.05) is 31.3 Å². The van der Waals surface area contributed by atoms with Crippen LogP contribution in [0.5, 0.6) is 17.6 Å². The molecule has 0 aromatic carbocycles. The summed E-state index contributed by atoms with van der Waals surface area (Å²) in [6.45, 7) is 3.28. The number of aromatic nitrogens is 3. The van der Waals surface area contributed by atoms with Crippen LogP contribution in [-0.4, -0.2) is 53.8 Å². The first-order chi connectivity index (χ1) is 14.5. The maximum Gasteiger partial charge on any atom is 0.240 e. The number of rotatable bonds is 11. The molecular formula is C20H25ClN4O5. The molecule has 0 bridgehead atoms. The Morgan fingerprint density at radius 3 is 2.63 bits per heavy atom. The van der Waals surface area contributed by atoms with Gasteiger partial charge in [-0.2, -0.15) is 0 Å². The Bertz CT molecular complexity index is 830. The van der Waals surface area contributed by atoms with Gasteiger partial charge in [0.1, 0.15) is 12.9 Å². The van der Waals surface area contributed by atoms with Gasteiger partial charge in [-0.1, -0.05) is 11.6 Å². The minimum Gasteiger partial charge on any atom is -0.481 e. The van der Waals surface area contributed by atoms with Crippen molar-refractivity contribution in [3.63, 3.8) is 0 Å². The van der Waals surface area contributed by atoms with Gasteiger partial charge in [0.05, 0.1) is 26.4 Å². The van der Waals surface area contributed by atoms with Gasteiger partial charge in [0.2, 0.25) is 23.5 Å². The highest BCUT2D eigenvalue weighted by Crippen LogP contribution is 2.34. The van der Waals surface area contributed by atoms with E-state index in [4.69, 9.17) is 30.5 Å². The Labute approximate surface area is 180 Å². The summed E-state index contributed by atoms with van der Waals surface area (Å²) >= 11 is 6.34. The van der Waals surface area contributed by atoms with E-state index in [0.29, 0.717) is 37.4 Å². The molecule has 0 atom stereocenters. The lowest BCUT2D eigenvalue weighted by molar-refractivity contribution is -0.119. The number of amides is 1. The molecule has 1 saturated carbocycles. The zero-order chi connectivity index (χ0) is 21.3. The number of carbonyl (C=O) groups is 1. The van der Waals surface area contributed by atoms with Gasteiger partial charge in [-0.15, -0.1) is 0 Å². The molecule has 2 aromatic rings. The number of carbonyl (C=O) groups excluding carboxylic acids is 1. The summed E-state index contributed by atoms with van der Waals surface area (Å²) < 4.78 is 22.2. The second kappa shape index (κ2) is 10.9. The fourth-order valence-corrected chi connectivity index (χ4v) is 3.11. The topological polar surface area (TPSA) is 105 Å². The van der Waals surface area contributed by atoms with Gasteiger partial charge in [0.25, 0.3) is 0 Å². The van der Waals surface area contributed by atoms with Gasteiger partial charge >= 0.3 is 0 Å². The molecule has 10 heteroatoms. The SMILES string of the molecule is COc1ccc(COc2ncnc(OCC3CC(OCCNC(C)=O)C3)c2Cl)cn1. The van der Waals surface area contributed by atoms with E-state index in [1.54, 1.807) is 19.4 Å². The fourth-order valence-electron chi connectivity index (χ4n) is 2.90. The smallest absolute Gasteiger partial charge is 0.240 e. The Balaban J connectivity index is 1.40. The third-order valence-corrected chi connectivity index (χ3v) is 4.91. The van der Waals surface area contributed by atoms with E-state index in [9.17, 15) is 4.79 Å². The molecule has 0 aliphatic heterocycles. The quantitative estimate of drug-likeness (QED) is 0.535. The van der Waals surface area contributed by atoms with Crippen LogP contribution >= 0.6 is 11.6 Å². The average Bonchev–Trinajstić information content (AvgIpc) is 2.72. The third-order valence-electron chi connectivity index (χ3n) is 4.59. The normalized spacial score (nSPS) is 17.7. The maximum absolute atomic E-state index is 10.8. The molecule has 3 rings (SSSR count). The summed E-state index contributed by atoms with van der Waals surface area (Å²) in [5.74, 6) is 1.40. The zero-order valence-electron chi connectivity index (χ0n) is 17.0. The first-order valence-corrected chi connectivity index (χ1v) is 10.0. The number of hydrogen-bond donors (Lipinski definition) is 1. The lowest BCUT2D eigenvalue weighted by Crippen LogP contribution is -2.37. The van der Waals surface area contributed by atoms with Crippen LogP contribution in [0.1, 0.15) is 25.3 Å². The summed E-state index contributed by atoms with van der Waals surface area (Å²) in [5.41, 5.74) is 0.854. The molecule has 1 aliphatic carbocycles. The van der Waals surface area contributed by atoms with Crippen molar-refractivity contribution in [2.45, 2.75) is 32.5 Å². The van der Waals surface area contributed by atoms with Gasteiger partial charge in [0.15, 0.2) is 5.02 Å². The van der Waals surface area contributed by atoms with E-state index in [-0.39, 0.29) is 29.5 Å². The van der Waals surface area contributed by atoms with Crippen molar-refractivity contribution >= 4 is 17.5 Å². The van der Waals surface area contributed by atoms with Gasteiger partial charge in [-0.25, -0.2) is 15.0 Å². The second-order valence-corrected chi connectivity index (χ2v) is 7.30. The molecule has 162 valence electrons. The summed E-state index contributed by atoms with van der Waals surface area (Å²) in [6, 6.07) is 3.61. The molecular weight excluding hydrogens is 412 g/mol. The van der Waals surface area contributed by atoms with Crippen molar-refractivity contribution in [2.24, 2.45) is 5.92 Å². The molecule has 0 radical (unpaired) electrons. The average molecular weight is 437 g/mol. The van der Waals surface area contributed by atoms with Gasteiger partial charge in [-0.3, -0.25) is 4.79 Å². The molecule has 1 amide bonds. The highest BCUT2D eigenvalue weighted by atomic mass is 35.5. The lowest BCUT2D eigenvalue weighted by Gasteiger charge is -2.34. The van der Waals surface area contributed by atoms with Crippen LogP contribution in [0.15, 0.2) is 24.7 Å². The fraction of sp³-hybridized carbons (Fsp3) is 0.500. The first-order valence-electron chi connectivity index (χ1n) is 9.66. The van der Waals surface area contributed by atoms with E-state index in [1.165, 1.54) is 13.3 Å². The maximum atomic E-state index is 10.8. The number of nitrogens with zero attached hydrogens (tertiary/aromatic N) is 3. The number of ether oxygens (including phenoxy) is 4. The first kappa shape index (κ1) is 22.0. The molecule has 1 fully saturated rings. The van der Waals surface area contributed by atoms with E-state index < -0.39 is 0 Å². The molecule has 1 aliphatic rings. The van der Waals surface area contributed by atoms with Crippen LogP contribution in [0.3, 0.4) is 0 Å². The molecule has 0 saturated heterocycles. The van der Waals surface area contributed by atoms with E-state index in [0.717, 1.165) is 18.4 Å². The standard InChI is InChI=1S/C20H25ClN4O5/c1-13(26)22-5-6-28-16-7-15(8-16)11-30-20-18(21)19(24-12-25-20)29-10-14-3-4-17(27-2)23-9-14/h3-4,9,12,15-16H,5-8,10-11H2,1-2H3,(H,22,26). The third kappa shape index (κ3) is 6.43. The minimum absolute atomic E-state index is 0.0516.